The highest BCUT2D eigenvalue weighted by molar-refractivity contribution is 7.07. The van der Waals surface area contributed by atoms with Crippen LogP contribution in [0.25, 0.3) is 0 Å². The van der Waals surface area contributed by atoms with Gasteiger partial charge < -0.3 is 10.1 Å². The number of fused-ring (bicyclic) bond motifs is 1. The summed E-state index contributed by atoms with van der Waals surface area (Å²) in [5.41, 5.74) is 3.85. The Morgan fingerprint density at radius 3 is 2.94 bits per heavy atom. The molecule has 2 heterocycles. The Hall–Kier alpha value is -1.32. The summed E-state index contributed by atoms with van der Waals surface area (Å²) in [7, 11) is 2.02. The molecule has 94 valence electrons. The lowest BCUT2D eigenvalue weighted by atomic mass is 9.93. The second kappa shape index (κ2) is 4.75. The van der Waals surface area contributed by atoms with Crippen molar-refractivity contribution >= 4 is 11.3 Å². The smallest absolute Gasteiger partial charge is 0.126 e. The van der Waals surface area contributed by atoms with Crippen LogP contribution in [0, 0.1) is 6.92 Å². The van der Waals surface area contributed by atoms with E-state index in [4.69, 9.17) is 4.74 Å². The monoisotopic (exact) mass is 259 g/mol. The van der Waals surface area contributed by atoms with Crippen molar-refractivity contribution in [1.29, 1.82) is 0 Å². The molecule has 0 amide bonds. The minimum atomic E-state index is 0.170. The predicted molar refractivity (Wildman–Crippen MR) is 75.3 cm³/mol. The van der Waals surface area contributed by atoms with Gasteiger partial charge in [0.15, 0.2) is 0 Å². The highest BCUT2D eigenvalue weighted by Crippen LogP contribution is 2.41. The fraction of sp³-hybridized carbons (Fsp3) is 0.333. The molecule has 2 unspecified atom stereocenters. The van der Waals surface area contributed by atoms with E-state index in [1.54, 1.807) is 11.3 Å². The average Bonchev–Trinajstić information content (AvgIpc) is 2.91. The molecule has 1 aliphatic heterocycles. The van der Waals surface area contributed by atoms with Gasteiger partial charge in [-0.3, -0.25) is 0 Å². The van der Waals surface area contributed by atoms with Crippen molar-refractivity contribution in [3.8, 4) is 5.75 Å². The number of hydrogen-bond donors (Lipinski definition) is 1. The van der Waals surface area contributed by atoms with E-state index in [0.717, 1.165) is 12.2 Å². The van der Waals surface area contributed by atoms with Crippen molar-refractivity contribution in [3.63, 3.8) is 0 Å². The minimum absolute atomic E-state index is 0.170. The van der Waals surface area contributed by atoms with Gasteiger partial charge in [-0.05, 0) is 36.9 Å². The molecule has 0 spiro atoms. The van der Waals surface area contributed by atoms with E-state index in [9.17, 15) is 0 Å². The Kier molecular flexibility index (Phi) is 3.10. The van der Waals surface area contributed by atoms with Crippen LogP contribution >= 0.6 is 11.3 Å². The van der Waals surface area contributed by atoms with Crippen LogP contribution in [-0.2, 0) is 0 Å². The molecule has 1 N–H and O–H groups in total. The first-order valence-electron chi connectivity index (χ1n) is 6.24. The molecule has 1 aromatic heterocycles. The van der Waals surface area contributed by atoms with E-state index in [0.29, 0.717) is 6.04 Å². The zero-order valence-corrected chi connectivity index (χ0v) is 11.5. The van der Waals surface area contributed by atoms with Crippen LogP contribution in [-0.4, -0.2) is 7.05 Å². The molecule has 3 heteroatoms. The fourth-order valence-electron chi connectivity index (χ4n) is 2.53. The summed E-state index contributed by atoms with van der Waals surface area (Å²) in [6.45, 7) is 2.12. The lowest BCUT2D eigenvalue weighted by molar-refractivity contribution is 0.154. The first-order chi connectivity index (χ1) is 8.78. The van der Waals surface area contributed by atoms with E-state index in [2.05, 4.69) is 47.3 Å². The number of aryl methyl sites for hydroxylation is 1. The van der Waals surface area contributed by atoms with E-state index in [-0.39, 0.29) is 6.10 Å². The van der Waals surface area contributed by atoms with Crippen LogP contribution in [0.2, 0.25) is 0 Å². The Balaban J connectivity index is 1.97. The van der Waals surface area contributed by atoms with Crippen LogP contribution in [0.1, 0.15) is 35.3 Å². The van der Waals surface area contributed by atoms with Gasteiger partial charge in [0.1, 0.15) is 11.9 Å². The van der Waals surface area contributed by atoms with Gasteiger partial charge >= 0.3 is 0 Å². The predicted octanol–water partition coefficient (Wildman–Crippen LogP) is 3.84. The maximum Gasteiger partial charge on any atom is 0.126 e. The number of hydrogen-bond acceptors (Lipinski definition) is 3. The molecule has 0 aliphatic carbocycles. The molecule has 2 nitrogen and oxygen atoms in total. The standard InChI is InChI=1S/C15H17NOS/c1-10-3-4-14-12(7-10)13(16-2)8-15(17-14)11-5-6-18-9-11/h3-7,9,13,15-16H,8H2,1-2H3. The average molecular weight is 259 g/mol. The van der Waals surface area contributed by atoms with Crippen molar-refractivity contribution < 1.29 is 4.74 Å². The molecule has 0 radical (unpaired) electrons. The van der Waals surface area contributed by atoms with E-state index < -0.39 is 0 Å². The molecule has 0 saturated carbocycles. The van der Waals surface area contributed by atoms with Gasteiger partial charge in [-0.2, -0.15) is 11.3 Å². The first kappa shape index (κ1) is 11.8. The van der Waals surface area contributed by atoms with Gasteiger partial charge in [-0.1, -0.05) is 17.7 Å². The molecular formula is C15H17NOS. The molecule has 0 bridgehead atoms. The van der Waals surface area contributed by atoms with Crippen molar-refractivity contribution in [2.45, 2.75) is 25.5 Å². The van der Waals surface area contributed by atoms with Crippen molar-refractivity contribution in [3.05, 3.63) is 51.7 Å². The molecule has 1 aromatic carbocycles. The summed E-state index contributed by atoms with van der Waals surface area (Å²) in [5, 5.41) is 7.69. The molecule has 2 atom stereocenters. The number of benzene rings is 1. The molecule has 18 heavy (non-hydrogen) atoms. The minimum Gasteiger partial charge on any atom is -0.485 e. The van der Waals surface area contributed by atoms with Crippen molar-refractivity contribution in [2.75, 3.05) is 7.05 Å². The molecular weight excluding hydrogens is 242 g/mol. The van der Waals surface area contributed by atoms with Crippen LogP contribution < -0.4 is 10.1 Å². The third kappa shape index (κ3) is 2.04. The maximum absolute atomic E-state index is 6.13. The third-order valence-corrected chi connectivity index (χ3v) is 4.22. The Bertz CT molecular complexity index is 535. The summed E-state index contributed by atoms with van der Waals surface area (Å²) in [6.07, 6.45) is 1.16. The molecule has 0 fully saturated rings. The SMILES string of the molecule is CNC1CC(c2ccsc2)Oc2ccc(C)cc21. The topological polar surface area (TPSA) is 21.3 Å². The quantitative estimate of drug-likeness (QED) is 0.884. The van der Waals surface area contributed by atoms with Crippen LogP contribution in [0.5, 0.6) is 5.75 Å². The summed E-state index contributed by atoms with van der Waals surface area (Å²) < 4.78 is 6.13. The van der Waals surface area contributed by atoms with E-state index in [1.165, 1.54) is 16.7 Å². The molecule has 0 saturated heterocycles. The second-order valence-electron chi connectivity index (χ2n) is 4.78. The highest BCUT2D eigenvalue weighted by Gasteiger charge is 2.28. The van der Waals surface area contributed by atoms with Crippen LogP contribution in [0.4, 0.5) is 0 Å². The Labute approximate surface area is 112 Å². The van der Waals surface area contributed by atoms with Crippen LogP contribution in [0.15, 0.2) is 35.0 Å². The molecule has 2 aromatic rings. The van der Waals surface area contributed by atoms with Gasteiger partial charge in [-0.25, -0.2) is 0 Å². The van der Waals surface area contributed by atoms with Crippen molar-refractivity contribution in [1.82, 2.24) is 5.32 Å². The number of nitrogens with one attached hydrogen (secondary N) is 1. The van der Waals surface area contributed by atoms with Gasteiger partial charge in [0.2, 0.25) is 0 Å². The summed E-state index contributed by atoms with van der Waals surface area (Å²) in [5.74, 6) is 1.02. The number of thiophene rings is 1. The molecule has 3 rings (SSSR count). The van der Waals surface area contributed by atoms with Gasteiger partial charge in [0, 0.05) is 23.6 Å². The second-order valence-corrected chi connectivity index (χ2v) is 5.56. The summed E-state index contributed by atoms with van der Waals surface area (Å²) in [6, 6.07) is 8.95. The van der Waals surface area contributed by atoms with Crippen molar-refractivity contribution in [2.24, 2.45) is 0 Å². The van der Waals surface area contributed by atoms with E-state index in [1.807, 2.05) is 7.05 Å². The largest absolute Gasteiger partial charge is 0.485 e. The molecule has 1 aliphatic rings. The normalized spacial score (nSPS) is 22.3. The van der Waals surface area contributed by atoms with Gasteiger partial charge in [-0.15, -0.1) is 0 Å². The van der Waals surface area contributed by atoms with Gasteiger partial charge in [0.05, 0.1) is 0 Å². The number of rotatable bonds is 2. The third-order valence-electron chi connectivity index (χ3n) is 3.52. The number of ether oxygens (including phenoxy) is 1. The van der Waals surface area contributed by atoms with E-state index >= 15 is 0 Å². The Morgan fingerprint density at radius 2 is 2.22 bits per heavy atom. The summed E-state index contributed by atoms with van der Waals surface area (Å²) >= 11 is 1.73. The maximum atomic E-state index is 6.13. The fourth-order valence-corrected chi connectivity index (χ4v) is 3.23. The van der Waals surface area contributed by atoms with Gasteiger partial charge in [0.25, 0.3) is 0 Å². The summed E-state index contributed by atoms with van der Waals surface area (Å²) in [4.78, 5) is 0. The lowest BCUT2D eigenvalue weighted by Gasteiger charge is -2.32. The zero-order chi connectivity index (χ0) is 12.5. The first-order valence-corrected chi connectivity index (χ1v) is 7.19. The lowest BCUT2D eigenvalue weighted by Crippen LogP contribution is -2.26. The van der Waals surface area contributed by atoms with Crippen LogP contribution in [0.3, 0.4) is 0 Å². The Morgan fingerprint density at radius 1 is 1.33 bits per heavy atom. The zero-order valence-electron chi connectivity index (χ0n) is 10.6. The highest BCUT2D eigenvalue weighted by atomic mass is 32.1.